The van der Waals surface area contributed by atoms with Gasteiger partial charge in [0.05, 0.1) is 5.69 Å². The number of hydrogen-bond acceptors (Lipinski definition) is 3. The Kier molecular flexibility index (Phi) is 3.00. The molecule has 0 atom stereocenters. The minimum Gasteiger partial charge on any atom is -0.292 e. The molecule has 0 saturated heterocycles. The summed E-state index contributed by atoms with van der Waals surface area (Å²) in [6.45, 7) is 1.56. The quantitative estimate of drug-likeness (QED) is 0.764. The molecular weight excluding hydrogens is 242 g/mol. The van der Waals surface area contributed by atoms with E-state index in [-0.39, 0.29) is 5.78 Å². The Morgan fingerprint density at radius 3 is 2.72 bits per heavy atom. The number of carbonyl (C=O) groups is 1. The first kappa shape index (κ1) is 11.6. The smallest absolute Gasteiger partial charge is 0.188 e. The van der Waals surface area contributed by atoms with Crippen LogP contribution in [0.4, 0.5) is 0 Å². The van der Waals surface area contributed by atoms with Gasteiger partial charge in [-0.05, 0) is 42.9 Å². The molecule has 0 spiro atoms. The Morgan fingerprint density at radius 1 is 1.22 bits per heavy atom. The van der Waals surface area contributed by atoms with E-state index in [0.29, 0.717) is 5.01 Å². The van der Waals surface area contributed by atoms with Crippen LogP contribution in [0, 0.1) is 0 Å². The van der Waals surface area contributed by atoms with Crippen LogP contribution in [0.5, 0.6) is 0 Å². The van der Waals surface area contributed by atoms with Gasteiger partial charge in [-0.1, -0.05) is 12.1 Å². The first-order chi connectivity index (χ1) is 8.74. The molecule has 0 radical (unpaired) electrons. The fourth-order valence-corrected chi connectivity index (χ4v) is 3.19. The van der Waals surface area contributed by atoms with Gasteiger partial charge in [0.15, 0.2) is 10.8 Å². The first-order valence-corrected chi connectivity index (χ1v) is 7.20. The molecule has 92 valence electrons. The van der Waals surface area contributed by atoms with Crippen molar-refractivity contribution < 1.29 is 4.79 Å². The molecule has 0 amide bonds. The van der Waals surface area contributed by atoms with Gasteiger partial charge in [-0.2, -0.15) is 0 Å². The highest BCUT2D eigenvalue weighted by Gasteiger charge is 2.12. The molecule has 0 N–H and O–H groups in total. The fourth-order valence-electron chi connectivity index (χ4n) is 2.46. The molecular formula is C15H15NOS. The Morgan fingerprint density at radius 2 is 2.00 bits per heavy atom. The highest BCUT2D eigenvalue weighted by atomic mass is 32.1. The standard InChI is InChI=1S/C15H15NOS/c1-10(17)15-16-14(9-18-15)13-7-6-11-4-2-3-5-12(11)8-13/h6-9H,2-5H2,1H3. The number of ketones is 1. The van der Waals surface area contributed by atoms with Crippen molar-refractivity contribution in [3.63, 3.8) is 0 Å². The van der Waals surface area contributed by atoms with Crippen LogP contribution in [0.1, 0.15) is 40.7 Å². The van der Waals surface area contributed by atoms with E-state index in [9.17, 15) is 4.79 Å². The lowest BCUT2D eigenvalue weighted by Gasteiger charge is -2.15. The first-order valence-electron chi connectivity index (χ1n) is 6.32. The predicted octanol–water partition coefficient (Wildman–Crippen LogP) is 3.89. The average molecular weight is 257 g/mol. The number of hydrogen-bond donors (Lipinski definition) is 0. The van der Waals surface area contributed by atoms with Crippen molar-refractivity contribution in [2.75, 3.05) is 0 Å². The maximum absolute atomic E-state index is 11.3. The van der Waals surface area contributed by atoms with Crippen molar-refractivity contribution in [3.8, 4) is 11.3 Å². The molecule has 1 aromatic carbocycles. The van der Waals surface area contributed by atoms with Gasteiger partial charge in [0.1, 0.15) is 0 Å². The number of aromatic nitrogens is 1. The second kappa shape index (κ2) is 4.65. The van der Waals surface area contributed by atoms with Crippen LogP contribution in [0.15, 0.2) is 23.6 Å². The van der Waals surface area contributed by atoms with Gasteiger partial charge in [0.2, 0.25) is 0 Å². The van der Waals surface area contributed by atoms with E-state index in [4.69, 9.17) is 0 Å². The summed E-state index contributed by atoms with van der Waals surface area (Å²) in [5, 5.41) is 2.57. The molecule has 3 rings (SSSR count). The molecule has 3 heteroatoms. The highest BCUT2D eigenvalue weighted by molar-refractivity contribution is 7.12. The Hall–Kier alpha value is -1.48. The summed E-state index contributed by atoms with van der Waals surface area (Å²) in [6, 6.07) is 6.59. The summed E-state index contributed by atoms with van der Waals surface area (Å²) in [4.78, 5) is 15.7. The molecule has 0 unspecified atom stereocenters. The predicted molar refractivity (Wildman–Crippen MR) is 74.2 cm³/mol. The molecule has 2 aromatic rings. The molecule has 0 fully saturated rings. The van der Waals surface area contributed by atoms with Crippen LogP contribution in [0.2, 0.25) is 0 Å². The number of nitrogens with zero attached hydrogens (tertiary/aromatic N) is 1. The van der Waals surface area contributed by atoms with E-state index >= 15 is 0 Å². The van der Waals surface area contributed by atoms with Crippen molar-refractivity contribution in [1.29, 1.82) is 0 Å². The summed E-state index contributed by atoms with van der Waals surface area (Å²) in [5.74, 6) is 0.0456. The Labute approximate surface area is 111 Å². The minimum atomic E-state index is 0.0456. The summed E-state index contributed by atoms with van der Waals surface area (Å²) >= 11 is 1.43. The van der Waals surface area contributed by atoms with Gasteiger partial charge >= 0.3 is 0 Å². The van der Waals surface area contributed by atoms with Crippen LogP contribution in [0.25, 0.3) is 11.3 Å². The number of benzene rings is 1. The molecule has 0 aliphatic heterocycles. The van der Waals surface area contributed by atoms with E-state index in [1.807, 2.05) is 5.38 Å². The van der Waals surface area contributed by atoms with Gasteiger partial charge in [-0.3, -0.25) is 4.79 Å². The van der Waals surface area contributed by atoms with Crippen LogP contribution in [0.3, 0.4) is 0 Å². The molecule has 2 nitrogen and oxygen atoms in total. The second-order valence-corrected chi connectivity index (χ2v) is 5.64. The molecule has 0 bridgehead atoms. The number of carbonyl (C=O) groups excluding carboxylic acids is 1. The van der Waals surface area contributed by atoms with Crippen molar-refractivity contribution >= 4 is 17.1 Å². The van der Waals surface area contributed by atoms with E-state index in [0.717, 1.165) is 11.3 Å². The van der Waals surface area contributed by atoms with Crippen LogP contribution < -0.4 is 0 Å². The lowest BCUT2D eigenvalue weighted by molar-refractivity contribution is 0.101. The van der Waals surface area contributed by atoms with E-state index < -0.39 is 0 Å². The monoisotopic (exact) mass is 257 g/mol. The molecule has 1 aliphatic rings. The molecule has 0 saturated carbocycles. The number of rotatable bonds is 2. The highest BCUT2D eigenvalue weighted by Crippen LogP contribution is 2.28. The van der Waals surface area contributed by atoms with Gasteiger partial charge in [0, 0.05) is 17.9 Å². The van der Waals surface area contributed by atoms with Gasteiger partial charge in [-0.15, -0.1) is 11.3 Å². The Balaban J connectivity index is 1.98. The van der Waals surface area contributed by atoms with Gasteiger partial charge < -0.3 is 0 Å². The number of aryl methyl sites for hydroxylation is 2. The molecule has 18 heavy (non-hydrogen) atoms. The third kappa shape index (κ3) is 2.10. The van der Waals surface area contributed by atoms with Gasteiger partial charge in [0.25, 0.3) is 0 Å². The summed E-state index contributed by atoms with van der Waals surface area (Å²) in [5.41, 5.74) is 5.00. The van der Waals surface area contributed by atoms with Crippen LogP contribution in [-0.4, -0.2) is 10.8 Å². The number of Topliss-reactive ketones (excluding diaryl/α,β-unsaturated/α-hetero) is 1. The van der Waals surface area contributed by atoms with Crippen LogP contribution in [-0.2, 0) is 12.8 Å². The zero-order chi connectivity index (χ0) is 12.5. The van der Waals surface area contributed by atoms with E-state index in [2.05, 4.69) is 23.2 Å². The summed E-state index contributed by atoms with van der Waals surface area (Å²) in [6.07, 6.45) is 4.96. The summed E-state index contributed by atoms with van der Waals surface area (Å²) in [7, 11) is 0. The fraction of sp³-hybridized carbons (Fsp3) is 0.333. The van der Waals surface area contributed by atoms with Crippen molar-refractivity contribution in [2.24, 2.45) is 0 Å². The van der Waals surface area contributed by atoms with E-state index in [1.165, 1.54) is 48.1 Å². The zero-order valence-corrected chi connectivity index (χ0v) is 11.2. The normalized spacial score (nSPS) is 14.3. The lowest BCUT2D eigenvalue weighted by Crippen LogP contribution is -2.02. The third-order valence-electron chi connectivity index (χ3n) is 3.45. The van der Waals surface area contributed by atoms with E-state index in [1.54, 1.807) is 6.92 Å². The lowest BCUT2D eigenvalue weighted by atomic mass is 9.90. The summed E-state index contributed by atoms with van der Waals surface area (Å²) < 4.78 is 0. The molecule has 1 aromatic heterocycles. The number of thiazole rings is 1. The van der Waals surface area contributed by atoms with Gasteiger partial charge in [-0.25, -0.2) is 4.98 Å². The maximum Gasteiger partial charge on any atom is 0.188 e. The molecule has 1 aliphatic carbocycles. The second-order valence-electron chi connectivity index (χ2n) is 4.78. The SMILES string of the molecule is CC(=O)c1nc(-c2ccc3c(c2)CCCC3)cs1. The average Bonchev–Trinajstić information content (AvgIpc) is 2.88. The Bertz CT molecular complexity index is 600. The molecule has 1 heterocycles. The minimum absolute atomic E-state index is 0.0456. The number of fused-ring (bicyclic) bond motifs is 1. The van der Waals surface area contributed by atoms with Crippen LogP contribution >= 0.6 is 11.3 Å². The third-order valence-corrected chi connectivity index (χ3v) is 4.39. The van der Waals surface area contributed by atoms with Crippen molar-refractivity contribution in [2.45, 2.75) is 32.6 Å². The zero-order valence-electron chi connectivity index (χ0n) is 10.4. The maximum atomic E-state index is 11.3. The van der Waals surface area contributed by atoms with Crippen molar-refractivity contribution in [3.05, 3.63) is 39.7 Å². The topological polar surface area (TPSA) is 30.0 Å². The van der Waals surface area contributed by atoms with Crippen molar-refractivity contribution in [1.82, 2.24) is 4.98 Å². The largest absolute Gasteiger partial charge is 0.292 e.